The van der Waals surface area contributed by atoms with Gasteiger partial charge in [-0.25, -0.2) is 4.98 Å². The lowest BCUT2D eigenvalue weighted by Gasteiger charge is -2.31. The van der Waals surface area contributed by atoms with Crippen molar-refractivity contribution in [3.05, 3.63) is 70.2 Å². The number of Topliss-reactive ketones (excluding diaryl/α,β-unsaturated/α-hetero) is 1. The number of amides is 2. The van der Waals surface area contributed by atoms with Gasteiger partial charge in [-0.1, -0.05) is 48.0 Å². The summed E-state index contributed by atoms with van der Waals surface area (Å²) in [7, 11) is 0. The zero-order valence-electron chi connectivity index (χ0n) is 19.5. The van der Waals surface area contributed by atoms with Gasteiger partial charge in [0.25, 0.3) is 5.91 Å². The van der Waals surface area contributed by atoms with Crippen molar-refractivity contribution in [3.63, 3.8) is 0 Å². The smallest absolute Gasteiger partial charge is 0.275 e. The Labute approximate surface area is 204 Å². The van der Waals surface area contributed by atoms with E-state index in [0.717, 1.165) is 34.7 Å². The highest BCUT2D eigenvalue weighted by Gasteiger charge is 2.26. The van der Waals surface area contributed by atoms with Crippen LogP contribution in [-0.2, 0) is 9.59 Å². The second-order valence-corrected chi connectivity index (χ2v) is 9.68. The first kappa shape index (κ1) is 23.8. The van der Waals surface area contributed by atoms with Crippen LogP contribution < -0.4 is 5.32 Å². The first-order chi connectivity index (χ1) is 16.4. The molecule has 1 aliphatic rings. The molecule has 0 bridgehead atoms. The van der Waals surface area contributed by atoms with Crippen LogP contribution in [0.15, 0.2) is 53.9 Å². The summed E-state index contributed by atoms with van der Waals surface area (Å²) in [6, 6.07) is 16.0. The molecule has 176 valence electrons. The fourth-order valence-electron chi connectivity index (χ4n) is 4.16. The molecule has 2 aromatic carbocycles. The van der Waals surface area contributed by atoms with E-state index in [1.165, 1.54) is 23.8 Å². The highest BCUT2D eigenvalue weighted by atomic mass is 32.1. The summed E-state index contributed by atoms with van der Waals surface area (Å²) in [5.41, 5.74) is 4.37. The van der Waals surface area contributed by atoms with Crippen molar-refractivity contribution in [2.75, 3.05) is 18.4 Å². The SMILES string of the molecule is CC(=O)CCC(=O)N1CCC(c2nc(C(=O)Nc3ccccc3-c3ccc(C)cc3)cs2)CC1. The third-order valence-electron chi connectivity index (χ3n) is 6.18. The Kier molecular flexibility index (Phi) is 7.53. The van der Waals surface area contributed by atoms with Crippen molar-refractivity contribution < 1.29 is 14.4 Å². The maximum absolute atomic E-state index is 13.0. The van der Waals surface area contributed by atoms with E-state index < -0.39 is 0 Å². The number of thiazole rings is 1. The standard InChI is InChI=1S/C27H29N3O3S/c1-18-7-10-20(11-8-18)22-5-3-4-6-23(22)28-26(33)24-17-34-27(29-24)21-13-15-30(16-14-21)25(32)12-9-19(2)31/h3-8,10-11,17,21H,9,12-16H2,1-2H3,(H,28,33). The van der Waals surface area contributed by atoms with Crippen molar-refractivity contribution in [2.45, 2.75) is 45.4 Å². The molecular formula is C27H29N3O3S. The molecule has 1 fully saturated rings. The number of benzene rings is 2. The molecule has 3 aromatic rings. The number of hydrogen-bond acceptors (Lipinski definition) is 5. The van der Waals surface area contributed by atoms with E-state index in [-0.39, 0.29) is 29.9 Å². The lowest BCUT2D eigenvalue weighted by Crippen LogP contribution is -2.38. The number of aromatic nitrogens is 1. The average molecular weight is 476 g/mol. The topological polar surface area (TPSA) is 79.4 Å². The Morgan fingerprint density at radius 1 is 1.03 bits per heavy atom. The highest BCUT2D eigenvalue weighted by Crippen LogP contribution is 2.32. The normalized spacial score (nSPS) is 14.1. The van der Waals surface area contributed by atoms with Gasteiger partial charge in [-0.2, -0.15) is 0 Å². The maximum atomic E-state index is 13.0. The van der Waals surface area contributed by atoms with Gasteiger partial charge in [-0.3, -0.25) is 9.59 Å². The predicted molar refractivity (Wildman–Crippen MR) is 135 cm³/mol. The molecule has 1 aliphatic heterocycles. The summed E-state index contributed by atoms with van der Waals surface area (Å²) in [5.74, 6) is 0.0978. The molecule has 0 aliphatic carbocycles. The molecule has 4 rings (SSSR count). The summed E-state index contributed by atoms with van der Waals surface area (Å²) < 4.78 is 0. The van der Waals surface area contributed by atoms with Crippen LogP contribution in [0.5, 0.6) is 0 Å². The number of nitrogens with one attached hydrogen (secondary N) is 1. The largest absolute Gasteiger partial charge is 0.343 e. The molecule has 7 heteroatoms. The zero-order valence-corrected chi connectivity index (χ0v) is 20.4. The van der Waals surface area contributed by atoms with E-state index in [2.05, 4.69) is 34.6 Å². The van der Waals surface area contributed by atoms with Crippen LogP contribution in [0.2, 0.25) is 0 Å². The van der Waals surface area contributed by atoms with Gasteiger partial charge in [-0.05, 0) is 38.3 Å². The minimum Gasteiger partial charge on any atom is -0.343 e. The minimum absolute atomic E-state index is 0.0401. The van der Waals surface area contributed by atoms with Gasteiger partial charge in [0.05, 0.1) is 5.01 Å². The molecule has 0 spiro atoms. The van der Waals surface area contributed by atoms with Crippen molar-refractivity contribution in [2.24, 2.45) is 0 Å². The molecule has 34 heavy (non-hydrogen) atoms. The Hall–Kier alpha value is -3.32. The summed E-state index contributed by atoms with van der Waals surface area (Å²) >= 11 is 1.50. The quantitative estimate of drug-likeness (QED) is 0.493. The van der Waals surface area contributed by atoms with Gasteiger partial charge in [0.2, 0.25) is 5.91 Å². The Morgan fingerprint density at radius 3 is 2.44 bits per heavy atom. The number of ketones is 1. The fourth-order valence-corrected chi connectivity index (χ4v) is 5.13. The second kappa shape index (κ2) is 10.7. The predicted octanol–water partition coefficient (Wildman–Crippen LogP) is 5.45. The van der Waals surface area contributed by atoms with Crippen molar-refractivity contribution >= 4 is 34.6 Å². The van der Waals surface area contributed by atoms with Crippen LogP contribution in [0.25, 0.3) is 11.1 Å². The number of rotatable bonds is 7. The van der Waals surface area contributed by atoms with Gasteiger partial charge in [0.1, 0.15) is 11.5 Å². The summed E-state index contributed by atoms with van der Waals surface area (Å²) in [4.78, 5) is 42.8. The number of para-hydroxylation sites is 1. The minimum atomic E-state index is -0.223. The lowest BCUT2D eigenvalue weighted by molar-refractivity contribution is -0.133. The fraction of sp³-hybridized carbons (Fsp3) is 0.333. The Balaban J connectivity index is 1.38. The second-order valence-electron chi connectivity index (χ2n) is 8.79. The Morgan fingerprint density at radius 2 is 1.74 bits per heavy atom. The molecule has 1 saturated heterocycles. The van der Waals surface area contributed by atoms with E-state index in [1.807, 2.05) is 41.5 Å². The van der Waals surface area contributed by atoms with E-state index in [0.29, 0.717) is 25.2 Å². The molecule has 2 amide bonds. The number of hydrogen-bond donors (Lipinski definition) is 1. The van der Waals surface area contributed by atoms with Crippen LogP contribution in [0, 0.1) is 6.92 Å². The molecule has 0 atom stereocenters. The van der Waals surface area contributed by atoms with Crippen LogP contribution >= 0.6 is 11.3 Å². The van der Waals surface area contributed by atoms with Crippen LogP contribution in [0.3, 0.4) is 0 Å². The molecule has 1 aromatic heterocycles. The first-order valence-electron chi connectivity index (χ1n) is 11.6. The molecule has 0 saturated carbocycles. The van der Waals surface area contributed by atoms with E-state index in [1.54, 1.807) is 0 Å². The summed E-state index contributed by atoms with van der Waals surface area (Å²) in [6.07, 6.45) is 2.22. The van der Waals surface area contributed by atoms with Crippen LogP contribution in [0.4, 0.5) is 5.69 Å². The summed E-state index contributed by atoms with van der Waals surface area (Å²) in [5, 5.41) is 5.77. The number of aryl methyl sites for hydroxylation is 1. The maximum Gasteiger partial charge on any atom is 0.275 e. The van der Waals surface area contributed by atoms with E-state index in [9.17, 15) is 14.4 Å². The van der Waals surface area contributed by atoms with E-state index in [4.69, 9.17) is 0 Å². The van der Waals surface area contributed by atoms with Gasteiger partial charge < -0.3 is 15.0 Å². The van der Waals surface area contributed by atoms with Crippen LogP contribution in [-0.4, -0.2) is 40.6 Å². The van der Waals surface area contributed by atoms with Crippen molar-refractivity contribution in [1.82, 2.24) is 9.88 Å². The van der Waals surface area contributed by atoms with E-state index >= 15 is 0 Å². The molecule has 0 unspecified atom stereocenters. The third-order valence-corrected chi connectivity index (χ3v) is 7.19. The number of nitrogens with zero attached hydrogens (tertiary/aromatic N) is 2. The van der Waals surface area contributed by atoms with Gasteiger partial charge in [0, 0.05) is 48.5 Å². The third kappa shape index (κ3) is 5.78. The van der Waals surface area contributed by atoms with Gasteiger partial charge in [-0.15, -0.1) is 11.3 Å². The highest BCUT2D eigenvalue weighted by molar-refractivity contribution is 7.10. The number of piperidine rings is 1. The number of carbonyl (C=O) groups is 3. The average Bonchev–Trinajstić information content (AvgIpc) is 3.34. The molecule has 1 N–H and O–H groups in total. The zero-order chi connectivity index (χ0) is 24.1. The number of anilines is 1. The van der Waals surface area contributed by atoms with Gasteiger partial charge >= 0.3 is 0 Å². The molecule has 2 heterocycles. The first-order valence-corrected chi connectivity index (χ1v) is 12.5. The number of carbonyl (C=O) groups excluding carboxylic acids is 3. The molecule has 0 radical (unpaired) electrons. The van der Waals surface area contributed by atoms with Gasteiger partial charge in [0.15, 0.2) is 0 Å². The monoisotopic (exact) mass is 475 g/mol. The lowest BCUT2D eigenvalue weighted by atomic mass is 9.97. The number of likely N-dealkylation sites (tertiary alicyclic amines) is 1. The van der Waals surface area contributed by atoms with Crippen molar-refractivity contribution in [1.29, 1.82) is 0 Å². The van der Waals surface area contributed by atoms with Crippen LogP contribution in [0.1, 0.15) is 59.6 Å². The molecule has 6 nitrogen and oxygen atoms in total. The van der Waals surface area contributed by atoms with Crippen molar-refractivity contribution in [3.8, 4) is 11.1 Å². The summed E-state index contributed by atoms with van der Waals surface area (Å²) in [6.45, 7) is 4.88. The Bertz CT molecular complexity index is 1180. The molecular weight excluding hydrogens is 446 g/mol.